The van der Waals surface area contributed by atoms with E-state index in [1.54, 1.807) is 10.9 Å². The molecule has 0 aliphatic rings. The summed E-state index contributed by atoms with van der Waals surface area (Å²) in [7, 11) is -3.63. The number of nitrogens with zero attached hydrogens (tertiary/aromatic N) is 3. The zero-order valence-electron chi connectivity index (χ0n) is 10.4. The molecule has 102 valence electrons. The molecule has 2 aromatic heterocycles. The molecule has 7 nitrogen and oxygen atoms in total. The van der Waals surface area contributed by atoms with Crippen LogP contribution in [0.2, 0.25) is 0 Å². The number of hydrogen-bond acceptors (Lipinski definition) is 5. The summed E-state index contributed by atoms with van der Waals surface area (Å²) in [6, 6.07) is 2.95. The van der Waals surface area contributed by atoms with Gasteiger partial charge < -0.3 is 5.73 Å². The number of pyridine rings is 1. The lowest BCUT2D eigenvalue weighted by Crippen LogP contribution is -2.28. The largest absolute Gasteiger partial charge is 0.383 e. The van der Waals surface area contributed by atoms with Crippen LogP contribution in [0.5, 0.6) is 0 Å². The van der Waals surface area contributed by atoms with Crippen molar-refractivity contribution in [2.45, 2.75) is 18.4 Å². The molecule has 0 spiro atoms. The van der Waals surface area contributed by atoms with Crippen molar-refractivity contribution in [3.05, 3.63) is 36.3 Å². The van der Waals surface area contributed by atoms with Gasteiger partial charge >= 0.3 is 0 Å². The molecule has 2 rings (SSSR count). The minimum atomic E-state index is -3.63. The molecule has 0 radical (unpaired) electrons. The van der Waals surface area contributed by atoms with Crippen molar-refractivity contribution >= 4 is 15.8 Å². The van der Waals surface area contributed by atoms with Gasteiger partial charge in [-0.1, -0.05) is 0 Å². The summed E-state index contributed by atoms with van der Waals surface area (Å²) < 4.78 is 28.1. The second-order valence-electron chi connectivity index (χ2n) is 4.07. The van der Waals surface area contributed by atoms with Crippen molar-refractivity contribution < 1.29 is 8.42 Å². The third-order valence-electron chi connectivity index (χ3n) is 2.48. The Kier molecular flexibility index (Phi) is 3.82. The average Bonchev–Trinajstić information content (AvgIpc) is 2.75. The summed E-state index contributed by atoms with van der Waals surface area (Å²) in [6.07, 6.45) is 5.00. The number of nitrogen functional groups attached to an aromatic ring is 1. The van der Waals surface area contributed by atoms with Gasteiger partial charge in [0.1, 0.15) is 10.7 Å². The second kappa shape index (κ2) is 5.37. The number of sulfonamides is 1. The number of aromatic nitrogens is 3. The van der Waals surface area contributed by atoms with Crippen molar-refractivity contribution in [1.82, 2.24) is 19.5 Å². The van der Waals surface area contributed by atoms with Crippen molar-refractivity contribution in [3.8, 4) is 0 Å². The number of aryl methyl sites for hydroxylation is 1. The summed E-state index contributed by atoms with van der Waals surface area (Å²) >= 11 is 0. The number of rotatable bonds is 5. The van der Waals surface area contributed by atoms with E-state index in [0.29, 0.717) is 6.54 Å². The Morgan fingerprint density at radius 3 is 2.89 bits per heavy atom. The number of nitrogens with two attached hydrogens (primary N) is 1. The van der Waals surface area contributed by atoms with E-state index < -0.39 is 10.0 Å². The predicted octanol–water partition coefficient (Wildman–Crippen LogP) is 0.147. The van der Waals surface area contributed by atoms with Crippen molar-refractivity contribution in [2.75, 3.05) is 12.3 Å². The van der Waals surface area contributed by atoms with Crippen LogP contribution in [-0.4, -0.2) is 29.7 Å². The van der Waals surface area contributed by atoms with E-state index in [4.69, 9.17) is 5.73 Å². The van der Waals surface area contributed by atoms with Crippen LogP contribution >= 0.6 is 0 Å². The summed E-state index contributed by atoms with van der Waals surface area (Å²) in [4.78, 5) is 3.75. The Morgan fingerprint density at radius 2 is 2.26 bits per heavy atom. The third kappa shape index (κ3) is 3.30. The summed E-state index contributed by atoms with van der Waals surface area (Å²) in [5, 5.41) is 4.07. The first-order chi connectivity index (χ1) is 8.99. The van der Waals surface area contributed by atoms with Crippen molar-refractivity contribution in [1.29, 1.82) is 0 Å². The first kappa shape index (κ1) is 13.5. The molecule has 0 aliphatic carbocycles. The second-order valence-corrected chi connectivity index (χ2v) is 5.80. The molecule has 3 N–H and O–H groups in total. The monoisotopic (exact) mass is 281 g/mol. The van der Waals surface area contributed by atoms with Gasteiger partial charge in [-0.25, -0.2) is 18.1 Å². The van der Waals surface area contributed by atoms with Crippen LogP contribution in [0.4, 0.5) is 5.82 Å². The highest BCUT2D eigenvalue weighted by atomic mass is 32.2. The molecule has 0 amide bonds. The highest BCUT2D eigenvalue weighted by Crippen LogP contribution is 2.13. The fourth-order valence-electron chi connectivity index (χ4n) is 1.59. The summed E-state index contributed by atoms with van der Waals surface area (Å²) in [5.74, 6) is -0.00932. The Labute approximate surface area is 111 Å². The molecule has 19 heavy (non-hydrogen) atoms. The van der Waals surface area contributed by atoms with Crippen molar-refractivity contribution in [2.24, 2.45) is 0 Å². The maximum atomic E-state index is 12.0. The minimum absolute atomic E-state index is 0.00774. The maximum Gasteiger partial charge on any atom is 0.244 e. The summed E-state index contributed by atoms with van der Waals surface area (Å²) in [6.45, 7) is 2.61. The van der Waals surface area contributed by atoms with E-state index in [2.05, 4.69) is 14.8 Å². The Bertz CT molecular complexity index is 665. The maximum absolute atomic E-state index is 12.0. The molecule has 0 fully saturated rings. The molecular weight excluding hydrogens is 266 g/mol. The molecule has 8 heteroatoms. The van der Waals surface area contributed by atoms with Gasteiger partial charge in [-0.2, -0.15) is 5.10 Å². The fourth-order valence-corrected chi connectivity index (χ4v) is 2.69. The van der Waals surface area contributed by atoms with Gasteiger partial charge in [0.25, 0.3) is 0 Å². The quantitative estimate of drug-likeness (QED) is 0.812. The van der Waals surface area contributed by atoms with Crippen LogP contribution in [0.15, 0.2) is 35.6 Å². The van der Waals surface area contributed by atoms with Gasteiger partial charge in [-0.3, -0.25) is 4.68 Å². The standard InChI is InChI=1S/C11H15N5O2S/c1-9-7-14-16(8-9)6-5-15-19(17,18)10-3-2-4-13-11(10)12/h2-4,7-8,15H,5-6H2,1H3,(H2,12,13). The number of anilines is 1. The predicted molar refractivity (Wildman–Crippen MR) is 70.8 cm³/mol. The molecule has 2 aromatic rings. The first-order valence-corrected chi connectivity index (χ1v) is 7.16. The van der Waals surface area contributed by atoms with Gasteiger partial charge in [0.05, 0.1) is 12.7 Å². The first-order valence-electron chi connectivity index (χ1n) is 5.68. The van der Waals surface area contributed by atoms with Gasteiger partial charge in [-0.15, -0.1) is 0 Å². The topological polar surface area (TPSA) is 103 Å². The molecule has 0 aromatic carbocycles. The molecule has 0 saturated carbocycles. The van der Waals surface area contributed by atoms with E-state index in [-0.39, 0.29) is 17.3 Å². The highest BCUT2D eigenvalue weighted by Gasteiger charge is 2.16. The lowest BCUT2D eigenvalue weighted by molar-refractivity contribution is 0.561. The molecule has 0 aliphatic heterocycles. The smallest absolute Gasteiger partial charge is 0.244 e. The normalized spacial score (nSPS) is 11.6. The SMILES string of the molecule is Cc1cnn(CCNS(=O)(=O)c2cccnc2N)c1. The van der Waals surface area contributed by atoms with Crippen LogP contribution in [0, 0.1) is 6.92 Å². The third-order valence-corrected chi connectivity index (χ3v) is 3.99. The van der Waals surface area contributed by atoms with Gasteiger partial charge in [0.2, 0.25) is 10.0 Å². The van der Waals surface area contributed by atoms with Crippen LogP contribution < -0.4 is 10.5 Å². The van der Waals surface area contributed by atoms with Gasteiger partial charge in [0, 0.05) is 18.9 Å². The fraction of sp³-hybridized carbons (Fsp3) is 0.273. The van der Waals surface area contributed by atoms with E-state index in [9.17, 15) is 8.42 Å². The van der Waals surface area contributed by atoms with Crippen LogP contribution in [0.25, 0.3) is 0 Å². The Hall–Kier alpha value is -1.93. The zero-order chi connectivity index (χ0) is 13.9. The van der Waals surface area contributed by atoms with E-state index in [0.717, 1.165) is 5.56 Å². The minimum Gasteiger partial charge on any atom is -0.383 e. The molecule has 2 heterocycles. The molecule has 0 saturated heterocycles. The average molecular weight is 281 g/mol. The Balaban J connectivity index is 2.01. The van der Waals surface area contributed by atoms with Crippen molar-refractivity contribution in [3.63, 3.8) is 0 Å². The molecule has 0 bridgehead atoms. The van der Waals surface area contributed by atoms with Gasteiger partial charge in [0.15, 0.2) is 0 Å². The summed E-state index contributed by atoms with van der Waals surface area (Å²) in [5.41, 5.74) is 6.57. The van der Waals surface area contributed by atoms with Crippen LogP contribution in [0.1, 0.15) is 5.56 Å². The number of nitrogens with one attached hydrogen (secondary N) is 1. The van der Waals surface area contributed by atoms with E-state index in [1.807, 2.05) is 13.1 Å². The molecule has 0 atom stereocenters. The Morgan fingerprint density at radius 1 is 1.47 bits per heavy atom. The zero-order valence-corrected chi connectivity index (χ0v) is 11.3. The highest BCUT2D eigenvalue weighted by molar-refractivity contribution is 7.89. The lowest BCUT2D eigenvalue weighted by atomic mass is 10.4. The molecular formula is C11H15N5O2S. The van der Waals surface area contributed by atoms with Crippen LogP contribution in [0.3, 0.4) is 0 Å². The lowest BCUT2D eigenvalue weighted by Gasteiger charge is -2.08. The van der Waals surface area contributed by atoms with Gasteiger partial charge in [-0.05, 0) is 24.6 Å². The molecule has 0 unspecified atom stereocenters. The van der Waals surface area contributed by atoms with E-state index >= 15 is 0 Å². The van der Waals surface area contributed by atoms with Crippen LogP contribution in [-0.2, 0) is 16.6 Å². The van der Waals surface area contributed by atoms with E-state index in [1.165, 1.54) is 18.3 Å². The number of hydrogen-bond donors (Lipinski definition) is 2.